The smallest absolute Gasteiger partial charge is 0.406 e. The molecule has 190 valence electrons. The highest BCUT2D eigenvalue weighted by Gasteiger charge is 2.31. The molecular weight excluding hydrogens is 486 g/mol. The molecule has 0 aliphatic rings. The zero-order chi connectivity index (χ0) is 26.6. The standard InChI is InChI=1S/C26H22F6N2O2/c1-3-7-19(13-15-33-21-9-5-11-23(17-21)35-25(27,28)29)20(8-4-2)14-16-34-22-10-6-12-24(18-22)36-26(30,31)32/h3-18H,1-2H3/b7-3-,8-4-,19-13-,20-14+,33-15+,34-16+. The number of halogens is 6. The van der Waals surface area contributed by atoms with Gasteiger partial charge in [0, 0.05) is 24.6 Å². The molecule has 4 nitrogen and oxygen atoms in total. The molecule has 0 unspecified atom stereocenters. The summed E-state index contributed by atoms with van der Waals surface area (Å²) in [7, 11) is 0. The fraction of sp³-hybridized carbons (Fsp3) is 0.154. The van der Waals surface area contributed by atoms with E-state index in [4.69, 9.17) is 0 Å². The van der Waals surface area contributed by atoms with Gasteiger partial charge in [-0.3, -0.25) is 9.98 Å². The SMILES string of the molecule is C\C=C/C(=C/C=N/c1cccc(OC(F)(F)F)c1)C(/C=C\C)=C/C=N/c1cccc(OC(F)(F)F)c1. The zero-order valence-electron chi connectivity index (χ0n) is 19.2. The summed E-state index contributed by atoms with van der Waals surface area (Å²) in [4.78, 5) is 8.31. The quantitative estimate of drug-likeness (QED) is 0.193. The Labute approximate surface area is 204 Å². The molecule has 10 heteroatoms. The molecule has 0 N–H and O–H groups in total. The number of rotatable bonds is 9. The summed E-state index contributed by atoms with van der Waals surface area (Å²) in [6, 6.07) is 10.5. The van der Waals surface area contributed by atoms with E-state index in [2.05, 4.69) is 19.5 Å². The summed E-state index contributed by atoms with van der Waals surface area (Å²) >= 11 is 0. The van der Waals surface area contributed by atoms with Crippen LogP contribution in [0.4, 0.5) is 37.7 Å². The molecule has 0 heterocycles. The molecule has 0 atom stereocenters. The first-order valence-electron chi connectivity index (χ1n) is 10.4. The van der Waals surface area contributed by atoms with E-state index in [1.54, 1.807) is 50.3 Å². The van der Waals surface area contributed by atoms with E-state index >= 15 is 0 Å². The molecule has 2 rings (SSSR count). The van der Waals surface area contributed by atoms with E-state index in [1.165, 1.54) is 48.8 Å². The van der Waals surface area contributed by atoms with Crippen molar-refractivity contribution in [3.05, 3.63) is 96.1 Å². The van der Waals surface area contributed by atoms with Crippen LogP contribution in [0.25, 0.3) is 0 Å². The van der Waals surface area contributed by atoms with Crippen LogP contribution in [0.2, 0.25) is 0 Å². The summed E-state index contributed by atoms with van der Waals surface area (Å²) in [6.45, 7) is 3.60. The van der Waals surface area contributed by atoms with E-state index in [0.29, 0.717) is 11.1 Å². The lowest BCUT2D eigenvalue weighted by atomic mass is 10.0. The topological polar surface area (TPSA) is 43.2 Å². The van der Waals surface area contributed by atoms with Gasteiger partial charge in [-0.15, -0.1) is 26.3 Å². The van der Waals surface area contributed by atoms with Crippen molar-refractivity contribution in [1.82, 2.24) is 0 Å². The van der Waals surface area contributed by atoms with Gasteiger partial charge in [0.2, 0.25) is 0 Å². The minimum absolute atomic E-state index is 0.256. The van der Waals surface area contributed by atoms with Gasteiger partial charge >= 0.3 is 12.7 Å². The van der Waals surface area contributed by atoms with Crippen LogP contribution in [0.3, 0.4) is 0 Å². The van der Waals surface area contributed by atoms with Crippen LogP contribution in [-0.4, -0.2) is 25.2 Å². The molecule has 0 aromatic heterocycles. The molecule has 0 fully saturated rings. The predicted molar refractivity (Wildman–Crippen MR) is 128 cm³/mol. The molecule has 2 aromatic carbocycles. The Hall–Kier alpha value is -4.08. The molecule has 36 heavy (non-hydrogen) atoms. The van der Waals surface area contributed by atoms with Crippen LogP contribution >= 0.6 is 0 Å². The van der Waals surface area contributed by atoms with Crippen LogP contribution in [0, 0.1) is 0 Å². The first kappa shape index (κ1) is 28.2. The third-order valence-corrected chi connectivity index (χ3v) is 4.08. The number of allylic oxidation sites excluding steroid dienone is 8. The van der Waals surface area contributed by atoms with Crippen molar-refractivity contribution in [1.29, 1.82) is 0 Å². The van der Waals surface area contributed by atoms with Gasteiger partial charge in [0.05, 0.1) is 11.4 Å². The van der Waals surface area contributed by atoms with Gasteiger partial charge in [0.1, 0.15) is 11.5 Å². The van der Waals surface area contributed by atoms with E-state index in [-0.39, 0.29) is 22.9 Å². The second-order valence-electron chi connectivity index (χ2n) is 6.89. The monoisotopic (exact) mass is 508 g/mol. The molecule has 2 aromatic rings. The Morgan fingerprint density at radius 1 is 0.667 bits per heavy atom. The maximum atomic E-state index is 12.4. The van der Waals surface area contributed by atoms with Crippen LogP contribution in [0.15, 0.2) is 106 Å². The van der Waals surface area contributed by atoms with Crippen LogP contribution in [0.1, 0.15) is 13.8 Å². The number of ether oxygens (including phenoxy) is 2. The number of hydrogen-bond donors (Lipinski definition) is 0. The molecule has 0 aliphatic heterocycles. The van der Waals surface area contributed by atoms with Crippen molar-refractivity contribution in [2.75, 3.05) is 0 Å². The minimum Gasteiger partial charge on any atom is -0.406 e. The lowest BCUT2D eigenvalue weighted by molar-refractivity contribution is -0.275. The second-order valence-corrected chi connectivity index (χ2v) is 6.89. The van der Waals surface area contributed by atoms with Crippen molar-refractivity contribution in [2.24, 2.45) is 9.98 Å². The number of hydrogen-bond acceptors (Lipinski definition) is 4. The third kappa shape index (κ3) is 10.9. The fourth-order valence-corrected chi connectivity index (χ4v) is 2.78. The first-order valence-corrected chi connectivity index (χ1v) is 10.4. The second kappa shape index (κ2) is 13.1. The number of nitrogens with zero attached hydrogens (tertiary/aromatic N) is 2. The van der Waals surface area contributed by atoms with Crippen LogP contribution in [-0.2, 0) is 0 Å². The fourth-order valence-electron chi connectivity index (χ4n) is 2.78. The van der Waals surface area contributed by atoms with Gasteiger partial charge in [0.25, 0.3) is 0 Å². The third-order valence-electron chi connectivity index (χ3n) is 4.08. The van der Waals surface area contributed by atoms with E-state index in [0.717, 1.165) is 12.1 Å². The Balaban J connectivity index is 2.26. The van der Waals surface area contributed by atoms with Gasteiger partial charge in [-0.05, 0) is 61.4 Å². The van der Waals surface area contributed by atoms with Crippen molar-refractivity contribution in [3.8, 4) is 11.5 Å². The molecule has 0 radical (unpaired) electrons. The van der Waals surface area contributed by atoms with Crippen molar-refractivity contribution in [3.63, 3.8) is 0 Å². The average molecular weight is 508 g/mol. The number of alkyl halides is 6. The van der Waals surface area contributed by atoms with Crippen molar-refractivity contribution in [2.45, 2.75) is 26.6 Å². The minimum atomic E-state index is -4.80. The highest BCUT2D eigenvalue weighted by molar-refractivity contribution is 5.82. The average Bonchev–Trinajstić information content (AvgIpc) is 2.76. The summed E-state index contributed by atoms with van der Waals surface area (Å²) in [5.74, 6) is -0.768. The summed E-state index contributed by atoms with van der Waals surface area (Å²) in [6.07, 6.45) is 3.67. The van der Waals surface area contributed by atoms with Crippen LogP contribution < -0.4 is 9.47 Å². The molecule has 0 saturated heterocycles. The van der Waals surface area contributed by atoms with E-state index in [9.17, 15) is 26.3 Å². The van der Waals surface area contributed by atoms with Crippen LogP contribution in [0.5, 0.6) is 11.5 Å². The van der Waals surface area contributed by atoms with Gasteiger partial charge < -0.3 is 9.47 Å². The van der Waals surface area contributed by atoms with E-state index < -0.39 is 12.7 Å². The van der Waals surface area contributed by atoms with Gasteiger partial charge in [0.15, 0.2) is 0 Å². The molecule has 0 saturated carbocycles. The molecular formula is C26H22F6N2O2. The number of benzene rings is 2. The maximum Gasteiger partial charge on any atom is 0.573 e. The summed E-state index contributed by atoms with van der Waals surface area (Å²) in [5, 5.41) is 0. The van der Waals surface area contributed by atoms with Crippen molar-refractivity contribution < 1.29 is 35.8 Å². The number of aliphatic imine (C=N–C) groups is 2. The largest absolute Gasteiger partial charge is 0.573 e. The lowest BCUT2D eigenvalue weighted by Gasteiger charge is -2.08. The zero-order valence-corrected chi connectivity index (χ0v) is 19.2. The molecule has 0 bridgehead atoms. The predicted octanol–water partition coefficient (Wildman–Crippen LogP) is 8.59. The molecule has 0 amide bonds. The maximum absolute atomic E-state index is 12.4. The Morgan fingerprint density at radius 2 is 1.06 bits per heavy atom. The normalized spacial score (nSPS) is 14.0. The highest BCUT2D eigenvalue weighted by Crippen LogP contribution is 2.27. The van der Waals surface area contributed by atoms with E-state index in [1.807, 2.05) is 0 Å². The molecule has 0 spiro atoms. The summed E-state index contributed by atoms with van der Waals surface area (Å²) < 4.78 is 82.3. The molecule has 0 aliphatic carbocycles. The Bertz CT molecular complexity index is 1100. The Kier molecular flexibility index (Phi) is 10.3. The first-order chi connectivity index (χ1) is 17.0. The highest BCUT2D eigenvalue weighted by atomic mass is 19.4. The summed E-state index contributed by atoms with van der Waals surface area (Å²) in [5.41, 5.74) is 1.91. The Morgan fingerprint density at radius 3 is 1.39 bits per heavy atom. The van der Waals surface area contributed by atoms with Crippen molar-refractivity contribution >= 4 is 23.8 Å². The van der Waals surface area contributed by atoms with Gasteiger partial charge in [-0.25, -0.2) is 0 Å². The van der Waals surface area contributed by atoms with Gasteiger partial charge in [-0.1, -0.05) is 36.4 Å². The van der Waals surface area contributed by atoms with Gasteiger partial charge in [-0.2, -0.15) is 0 Å². The lowest BCUT2D eigenvalue weighted by Crippen LogP contribution is -2.16.